The van der Waals surface area contributed by atoms with Gasteiger partial charge < -0.3 is 4.74 Å². The van der Waals surface area contributed by atoms with Crippen LogP contribution in [0, 0.1) is 0 Å². The van der Waals surface area contributed by atoms with Crippen LogP contribution in [0.5, 0.6) is 0 Å². The van der Waals surface area contributed by atoms with Gasteiger partial charge in [-0.05, 0) is 25.8 Å². The van der Waals surface area contributed by atoms with Crippen molar-refractivity contribution in [1.82, 2.24) is 4.90 Å². The third kappa shape index (κ3) is 3.34. The zero-order valence-corrected chi connectivity index (χ0v) is 9.79. The molecule has 3 heteroatoms. The van der Waals surface area contributed by atoms with Gasteiger partial charge in [0.15, 0.2) is 0 Å². The normalized spacial score (nSPS) is 22.4. The van der Waals surface area contributed by atoms with E-state index < -0.39 is 0 Å². The molecule has 0 saturated carbocycles. The van der Waals surface area contributed by atoms with E-state index in [-0.39, 0.29) is 12.0 Å². The summed E-state index contributed by atoms with van der Waals surface area (Å²) >= 11 is 0. The molecule has 0 radical (unpaired) electrons. The molecule has 0 aromatic rings. The number of hydrogen-bond acceptors (Lipinski definition) is 3. The van der Waals surface area contributed by atoms with E-state index in [1.807, 2.05) is 0 Å². The Balaban J connectivity index is 2.57. The van der Waals surface area contributed by atoms with Crippen LogP contribution in [0.4, 0.5) is 0 Å². The lowest BCUT2D eigenvalue weighted by atomic mass is 10.0. The fourth-order valence-corrected chi connectivity index (χ4v) is 1.98. The highest BCUT2D eigenvalue weighted by Gasteiger charge is 2.29. The van der Waals surface area contributed by atoms with E-state index in [0.29, 0.717) is 0 Å². The number of nitrogens with zero attached hydrogens (tertiary/aromatic N) is 1. The molecule has 1 heterocycles. The van der Waals surface area contributed by atoms with Crippen LogP contribution in [0.25, 0.3) is 0 Å². The van der Waals surface area contributed by atoms with E-state index in [1.165, 1.54) is 19.1 Å². The predicted octanol–water partition coefficient (Wildman–Crippen LogP) is 1.98. The van der Waals surface area contributed by atoms with Crippen molar-refractivity contribution in [2.75, 3.05) is 20.2 Å². The van der Waals surface area contributed by atoms with Gasteiger partial charge in [0.25, 0.3) is 0 Å². The van der Waals surface area contributed by atoms with Crippen LogP contribution in [-0.2, 0) is 9.53 Å². The summed E-state index contributed by atoms with van der Waals surface area (Å²) in [7, 11) is 1.46. The Morgan fingerprint density at radius 2 is 2.27 bits per heavy atom. The van der Waals surface area contributed by atoms with E-state index in [2.05, 4.69) is 18.4 Å². The molecule has 1 saturated heterocycles. The van der Waals surface area contributed by atoms with Gasteiger partial charge in [-0.15, -0.1) is 0 Å². The second-order valence-corrected chi connectivity index (χ2v) is 4.11. The van der Waals surface area contributed by atoms with Crippen LogP contribution in [-0.4, -0.2) is 37.1 Å². The standard InChI is InChI=1S/C12H21NO2/c1-4-10(2)9-13-8-6-5-7-11(13)12(14)15-3/h11H,2,4-9H2,1,3H3/t11-/m1/s1. The minimum Gasteiger partial charge on any atom is -0.468 e. The number of carbonyl (C=O) groups is 1. The molecule has 15 heavy (non-hydrogen) atoms. The number of methoxy groups -OCH3 is 1. The lowest BCUT2D eigenvalue weighted by molar-refractivity contribution is -0.148. The quantitative estimate of drug-likeness (QED) is 0.526. The van der Waals surface area contributed by atoms with E-state index in [0.717, 1.165) is 32.4 Å². The molecule has 0 unspecified atom stereocenters. The van der Waals surface area contributed by atoms with Crippen LogP contribution in [0.2, 0.25) is 0 Å². The Bertz CT molecular complexity index is 238. The van der Waals surface area contributed by atoms with E-state index >= 15 is 0 Å². The molecular weight excluding hydrogens is 190 g/mol. The van der Waals surface area contributed by atoms with Crippen LogP contribution in [0.15, 0.2) is 12.2 Å². The Morgan fingerprint density at radius 1 is 1.53 bits per heavy atom. The number of rotatable bonds is 4. The van der Waals surface area contributed by atoms with Crippen molar-refractivity contribution in [2.45, 2.75) is 38.6 Å². The van der Waals surface area contributed by atoms with E-state index in [9.17, 15) is 4.79 Å². The van der Waals surface area contributed by atoms with Crippen molar-refractivity contribution >= 4 is 5.97 Å². The van der Waals surface area contributed by atoms with Gasteiger partial charge in [0, 0.05) is 6.54 Å². The number of likely N-dealkylation sites (tertiary alicyclic amines) is 1. The zero-order valence-electron chi connectivity index (χ0n) is 9.79. The highest BCUT2D eigenvalue weighted by Crippen LogP contribution is 2.19. The van der Waals surface area contributed by atoms with Crippen LogP contribution in [0.1, 0.15) is 32.6 Å². The summed E-state index contributed by atoms with van der Waals surface area (Å²) < 4.78 is 4.82. The van der Waals surface area contributed by atoms with Crippen LogP contribution < -0.4 is 0 Å². The van der Waals surface area contributed by atoms with Gasteiger partial charge in [-0.1, -0.05) is 25.5 Å². The fourth-order valence-electron chi connectivity index (χ4n) is 1.98. The SMILES string of the molecule is C=C(CC)CN1CCCC[C@@H]1C(=O)OC. The summed E-state index contributed by atoms with van der Waals surface area (Å²) in [5.41, 5.74) is 1.19. The van der Waals surface area contributed by atoms with Crippen molar-refractivity contribution in [3.05, 3.63) is 12.2 Å². The van der Waals surface area contributed by atoms with Gasteiger partial charge in [-0.2, -0.15) is 0 Å². The maximum Gasteiger partial charge on any atom is 0.323 e. The molecule has 0 N–H and O–H groups in total. The number of piperidine rings is 1. The third-order valence-corrected chi connectivity index (χ3v) is 3.01. The largest absolute Gasteiger partial charge is 0.468 e. The molecule has 0 spiro atoms. The molecule has 0 aromatic heterocycles. The van der Waals surface area contributed by atoms with Crippen molar-refractivity contribution in [3.63, 3.8) is 0 Å². The third-order valence-electron chi connectivity index (χ3n) is 3.01. The second-order valence-electron chi connectivity index (χ2n) is 4.11. The Morgan fingerprint density at radius 3 is 2.87 bits per heavy atom. The molecule has 0 amide bonds. The Labute approximate surface area is 92.1 Å². The lowest BCUT2D eigenvalue weighted by Crippen LogP contribution is -2.45. The smallest absolute Gasteiger partial charge is 0.323 e. The van der Waals surface area contributed by atoms with Gasteiger partial charge in [-0.25, -0.2) is 0 Å². The highest BCUT2D eigenvalue weighted by atomic mass is 16.5. The zero-order chi connectivity index (χ0) is 11.3. The molecule has 0 bridgehead atoms. The average Bonchev–Trinajstić information content (AvgIpc) is 2.28. The summed E-state index contributed by atoms with van der Waals surface area (Å²) in [4.78, 5) is 13.7. The first-order valence-corrected chi connectivity index (χ1v) is 5.67. The first-order valence-electron chi connectivity index (χ1n) is 5.67. The second kappa shape index (κ2) is 5.91. The molecule has 0 aliphatic carbocycles. The fraction of sp³-hybridized carbons (Fsp3) is 0.750. The van der Waals surface area contributed by atoms with Gasteiger partial charge in [0.2, 0.25) is 0 Å². The Hall–Kier alpha value is -0.830. The minimum atomic E-state index is -0.0985. The maximum atomic E-state index is 11.6. The molecule has 1 fully saturated rings. The molecular formula is C12H21NO2. The first-order chi connectivity index (χ1) is 7.19. The van der Waals surface area contributed by atoms with Gasteiger partial charge in [0.1, 0.15) is 6.04 Å². The summed E-state index contributed by atoms with van der Waals surface area (Å²) in [6, 6.07) is -0.0490. The number of ether oxygens (including phenoxy) is 1. The number of hydrogen-bond donors (Lipinski definition) is 0. The van der Waals surface area contributed by atoms with Gasteiger partial charge >= 0.3 is 5.97 Å². The van der Waals surface area contributed by atoms with Gasteiger partial charge in [-0.3, -0.25) is 9.69 Å². The van der Waals surface area contributed by atoms with E-state index in [4.69, 9.17) is 4.74 Å². The molecule has 1 rings (SSSR count). The van der Waals surface area contributed by atoms with Crippen molar-refractivity contribution in [2.24, 2.45) is 0 Å². The summed E-state index contributed by atoms with van der Waals surface area (Å²) in [6.45, 7) is 7.90. The molecule has 1 atom stereocenters. The summed E-state index contributed by atoms with van der Waals surface area (Å²) in [5, 5.41) is 0. The topological polar surface area (TPSA) is 29.5 Å². The number of carbonyl (C=O) groups excluding carboxylic acids is 1. The van der Waals surface area contributed by atoms with Crippen LogP contribution >= 0.6 is 0 Å². The van der Waals surface area contributed by atoms with Crippen LogP contribution in [0.3, 0.4) is 0 Å². The van der Waals surface area contributed by atoms with Gasteiger partial charge in [0.05, 0.1) is 7.11 Å². The summed E-state index contributed by atoms with van der Waals surface area (Å²) in [5.74, 6) is -0.0985. The minimum absolute atomic E-state index is 0.0490. The average molecular weight is 211 g/mol. The monoisotopic (exact) mass is 211 g/mol. The molecule has 1 aliphatic rings. The highest BCUT2D eigenvalue weighted by molar-refractivity contribution is 5.75. The molecule has 0 aromatic carbocycles. The summed E-state index contributed by atoms with van der Waals surface area (Å²) in [6.07, 6.45) is 4.19. The first kappa shape index (κ1) is 12.2. The Kier molecular flexibility index (Phi) is 4.82. The molecule has 3 nitrogen and oxygen atoms in total. The lowest BCUT2D eigenvalue weighted by Gasteiger charge is -2.34. The van der Waals surface area contributed by atoms with E-state index in [1.54, 1.807) is 0 Å². The van der Waals surface area contributed by atoms with Crippen molar-refractivity contribution in [1.29, 1.82) is 0 Å². The maximum absolute atomic E-state index is 11.6. The molecule has 1 aliphatic heterocycles. The molecule has 86 valence electrons. The number of esters is 1. The van der Waals surface area contributed by atoms with Crippen molar-refractivity contribution < 1.29 is 9.53 Å². The van der Waals surface area contributed by atoms with Crippen molar-refractivity contribution in [3.8, 4) is 0 Å². The predicted molar refractivity (Wildman–Crippen MR) is 60.7 cm³/mol.